The monoisotopic (exact) mass is 243 g/mol. The van der Waals surface area contributed by atoms with Crippen molar-refractivity contribution in [2.24, 2.45) is 17.6 Å². The molecule has 0 saturated heterocycles. The topological polar surface area (TPSA) is 26.0 Å². The van der Waals surface area contributed by atoms with Crippen molar-refractivity contribution in [3.05, 3.63) is 47.0 Å². The van der Waals surface area contributed by atoms with E-state index in [0.717, 1.165) is 12.3 Å². The number of hydrogen-bond acceptors (Lipinski definition) is 1. The fraction of sp³-hybridized carbons (Fsp3) is 0.529. The lowest BCUT2D eigenvalue weighted by molar-refractivity contribution is 0.228. The molecule has 1 heteroatoms. The Hall–Kier alpha value is -1.08. The van der Waals surface area contributed by atoms with Gasteiger partial charge in [0.05, 0.1) is 0 Å². The molecular weight excluding hydrogens is 218 g/mol. The zero-order valence-corrected chi connectivity index (χ0v) is 11.9. The highest BCUT2D eigenvalue weighted by molar-refractivity contribution is 5.35. The Balaban J connectivity index is 2.07. The van der Waals surface area contributed by atoms with Crippen molar-refractivity contribution >= 4 is 0 Å². The summed E-state index contributed by atoms with van der Waals surface area (Å²) >= 11 is 0. The zero-order valence-electron chi connectivity index (χ0n) is 11.9. The average Bonchev–Trinajstić information content (AvgIpc) is 2.31. The predicted molar refractivity (Wildman–Crippen MR) is 78.6 cm³/mol. The highest BCUT2D eigenvalue weighted by Gasteiger charge is 2.31. The van der Waals surface area contributed by atoms with E-state index in [9.17, 15) is 0 Å². The van der Waals surface area contributed by atoms with Gasteiger partial charge in [-0.1, -0.05) is 37.3 Å². The molecule has 98 valence electrons. The third-order valence-electron chi connectivity index (χ3n) is 4.64. The lowest BCUT2D eigenvalue weighted by Gasteiger charge is -2.37. The molecule has 0 aliphatic heterocycles. The summed E-state index contributed by atoms with van der Waals surface area (Å²) < 4.78 is 0. The van der Waals surface area contributed by atoms with Gasteiger partial charge in [-0.3, -0.25) is 0 Å². The molecule has 0 heterocycles. The number of nitrogens with two attached hydrogens (primary N) is 1. The van der Waals surface area contributed by atoms with Gasteiger partial charge in [0, 0.05) is 6.04 Å². The van der Waals surface area contributed by atoms with Crippen molar-refractivity contribution in [1.82, 2.24) is 0 Å². The first-order valence-corrected chi connectivity index (χ1v) is 7.00. The highest BCUT2D eigenvalue weighted by Crippen LogP contribution is 2.39. The first-order valence-electron chi connectivity index (χ1n) is 7.00. The van der Waals surface area contributed by atoms with Gasteiger partial charge in [-0.25, -0.2) is 0 Å². The summed E-state index contributed by atoms with van der Waals surface area (Å²) in [6.07, 6.45) is 3.54. The SMILES string of the molecule is C=C(C(N)Cc1c(C)cccc1C)C1CCC1C. The van der Waals surface area contributed by atoms with E-state index in [1.54, 1.807) is 0 Å². The van der Waals surface area contributed by atoms with Crippen molar-refractivity contribution in [3.63, 3.8) is 0 Å². The van der Waals surface area contributed by atoms with Crippen LogP contribution in [0.4, 0.5) is 0 Å². The van der Waals surface area contributed by atoms with Crippen LogP contribution in [0.25, 0.3) is 0 Å². The summed E-state index contributed by atoms with van der Waals surface area (Å²) in [7, 11) is 0. The normalized spacial score (nSPS) is 24.4. The summed E-state index contributed by atoms with van der Waals surface area (Å²) in [5, 5.41) is 0. The Morgan fingerprint density at radius 1 is 1.33 bits per heavy atom. The number of hydrogen-bond donors (Lipinski definition) is 1. The Morgan fingerprint density at radius 3 is 2.39 bits per heavy atom. The van der Waals surface area contributed by atoms with Gasteiger partial charge in [0.15, 0.2) is 0 Å². The van der Waals surface area contributed by atoms with Crippen LogP contribution < -0.4 is 5.73 Å². The van der Waals surface area contributed by atoms with Gasteiger partial charge in [-0.05, 0) is 61.6 Å². The summed E-state index contributed by atoms with van der Waals surface area (Å²) in [4.78, 5) is 0. The average molecular weight is 243 g/mol. The van der Waals surface area contributed by atoms with Crippen LogP contribution in [0.2, 0.25) is 0 Å². The largest absolute Gasteiger partial charge is 0.324 e. The number of benzene rings is 1. The van der Waals surface area contributed by atoms with Gasteiger partial charge in [0.2, 0.25) is 0 Å². The molecule has 18 heavy (non-hydrogen) atoms. The van der Waals surface area contributed by atoms with Gasteiger partial charge in [-0.2, -0.15) is 0 Å². The van der Waals surface area contributed by atoms with Crippen LogP contribution in [0.3, 0.4) is 0 Å². The lowest BCUT2D eigenvalue weighted by Crippen LogP contribution is -2.35. The summed E-state index contributed by atoms with van der Waals surface area (Å²) in [6, 6.07) is 6.56. The van der Waals surface area contributed by atoms with Crippen LogP contribution in [-0.4, -0.2) is 6.04 Å². The molecule has 0 radical (unpaired) electrons. The summed E-state index contributed by atoms with van der Waals surface area (Å²) in [5.74, 6) is 1.44. The first kappa shape index (κ1) is 13.4. The van der Waals surface area contributed by atoms with Crippen molar-refractivity contribution in [2.75, 3.05) is 0 Å². The Morgan fingerprint density at radius 2 is 1.94 bits per heavy atom. The van der Waals surface area contributed by atoms with Gasteiger partial charge >= 0.3 is 0 Å². The molecule has 1 nitrogen and oxygen atoms in total. The minimum atomic E-state index is 0.109. The summed E-state index contributed by atoms with van der Waals surface area (Å²) in [6.45, 7) is 10.9. The van der Waals surface area contributed by atoms with Crippen LogP contribution in [0, 0.1) is 25.7 Å². The van der Waals surface area contributed by atoms with Crippen LogP contribution >= 0.6 is 0 Å². The molecule has 1 saturated carbocycles. The molecule has 1 fully saturated rings. The van der Waals surface area contributed by atoms with Gasteiger partial charge in [-0.15, -0.1) is 0 Å². The molecule has 1 aliphatic rings. The number of aryl methyl sites for hydroxylation is 2. The maximum atomic E-state index is 6.36. The fourth-order valence-corrected chi connectivity index (χ4v) is 3.01. The van der Waals surface area contributed by atoms with Crippen molar-refractivity contribution in [2.45, 2.75) is 46.1 Å². The molecule has 0 aromatic heterocycles. The lowest BCUT2D eigenvalue weighted by atomic mass is 9.69. The van der Waals surface area contributed by atoms with Crippen LogP contribution in [0.5, 0.6) is 0 Å². The second-order valence-corrected chi connectivity index (χ2v) is 5.92. The molecule has 0 bridgehead atoms. The van der Waals surface area contributed by atoms with Crippen molar-refractivity contribution < 1.29 is 0 Å². The van der Waals surface area contributed by atoms with E-state index in [1.807, 2.05) is 0 Å². The minimum absolute atomic E-state index is 0.109. The molecule has 2 rings (SSSR count). The molecular formula is C17H25N. The van der Waals surface area contributed by atoms with Crippen LogP contribution in [-0.2, 0) is 6.42 Å². The van der Waals surface area contributed by atoms with E-state index in [-0.39, 0.29) is 6.04 Å². The van der Waals surface area contributed by atoms with Crippen molar-refractivity contribution in [3.8, 4) is 0 Å². The van der Waals surface area contributed by atoms with Gasteiger partial charge < -0.3 is 5.73 Å². The molecule has 0 spiro atoms. The van der Waals surface area contributed by atoms with Gasteiger partial charge in [0.25, 0.3) is 0 Å². The maximum absolute atomic E-state index is 6.36. The molecule has 1 aliphatic carbocycles. The molecule has 0 amide bonds. The maximum Gasteiger partial charge on any atom is 0.0294 e. The molecule has 1 aromatic rings. The van der Waals surface area contributed by atoms with E-state index in [2.05, 4.69) is 45.5 Å². The smallest absolute Gasteiger partial charge is 0.0294 e. The van der Waals surface area contributed by atoms with Gasteiger partial charge in [0.1, 0.15) is 0 Å². The molecule has 3 unspecified atom stereocenters. The highest BCUT2D eigenvalue weighted by atomic mass is 14.6. The van der Waals surface area contributed by atoms with E-state index in [1.165, 1.54) is 35.1 Å². The van der Waals surface area contributed by atoms with Crippen molar-refractivity contribution in [1.29, 1.82) is 0 Å². The number of rotatable bonds is 4. The molecule has 2 N–H and O–H groups in total. The molecule has 1 aromatic carbocycles. The van der Waals surface area contributed by atoms with E-state index in [0.29, 0.717) is 5.92 Å². The predicted octanol–water partition coefficient (Wildman–Crippen LogP) is 3.78. The third kappa shape index (κ3) is 2.51. The fourth-order valence-electron chi connectivity index (χ4n) is 3.01. The third-order valence-corrected chi connectivity index (χ3v) is 4.64. The van der Waals surface area contributed by atoms with E-state index >= 15 is 0 Å². The Kier molecular flexibility index (Phi) is 3.91. The van der Waals surface area contributed by atoms with E-state index in [4.69, 9.17) is 5.73 Å². The standard InChI is InChI=1S/C17H25N/c1-11-6-5-7-12(2)16(11)10-17(18)14(4)15-9-8-13(15)3/h5-7,13,15,17H,4,8-10,18H2,1-3H3. The Labute approximate surface area is 111 Å². The first-order chi connectivity index (χ1) is 8.50. The quantitative estimate of drug-likeness (QED) is 0.800. The Bertz CT molecular complexity index is 427. The van der Waals surface area contributed by atoms with Crippen LogP contribution in [0.1, 0.15) is 36.5 Å². The second-order valence-electron chi connectivity index (χ2n) is 5.92. The van der Waals surface area contributed by atoms with Crippen LogP contribution in [0.15, 0.2) is 30.4 Å². The second kappa shape index (κ2) is 5.27. The summed E-state index contributed by atoms with van der Waals surface area (Å²) in [5.41, 5.74) is 11.7. The van der Waals surface area contributed by atoms with E-state index < -0.39 is 0 Å². The molecule has 3 atom stereocenters. The zero-order chi connectivity index (χ0) is 13.3. The minimum Gasteiger partial charge on any atom is -0.324 e.